The molecule has 0 bridgehead atoms. The molecular weight excluding hydrogens is 214 g/mol. The van der Waals surface area contributed by atoms with Crippen LogP contribution < -0.4 is 11.2 Å². The molecule has 0 saturated carbocycles. The van der Waals surface area contributed by atoms with Crippen LogP contribution in [0.15, 0.2) is 0 Å². The first kappa shape index (κ1) is 14.5. The van der Waals surface area contributed by atoms with Crippen LogP contribution in [0.3, 0.4) is 0 Å². The first-order chi connectivity index (χ1) is 8.26. The summed E-state index contributed by atoms with van der Waals surface area (Å²) in [6.07, 6.45) is 7.45. The fourth-order valence-corrected chi connectivity index (χ4v) is 2.36. The Kier molecular flexibility index (Phi) is 7.21. The van der Waals surface area contributed by atoms with Gasteiger partial charge in [0, 0.05) is 19.5 Å². The number of carbonyl (C=O) groups excluding carboxylic acids is 1. The fourth-order valence-electron chi connectivity index (χ4n) is 2.36. The largest absolute Gasteiger partial charge is 0.330 e. The van der Waals surface area contributed by atoms with Crippen LogP contribution in [0.2, 0.25) is 0 Å². The third-order valence-corrected chi connectivity index (χ3v) is 3.57. The highest BCUT2D eigenvalue weighted by atomic mass is 16.2. The molecule has 1 unspecified atom stereocenters. The zero-order valence-corrected chi connectivity index (χ0v) is 11.1. The molecule has 1 atom stereocenters. The number of rotatable bonds is 7. The number of amides is 1. The van der Waals surface area contributed by atoms with Gasteiger partial charge in [-0.1, -0.05) is 19.8 Å². The van der Waals surface area contributed by atoms with Crippen molar-refractivity contribution < 1.29 is 4.79 Å². The number of nitrogens with two attached hydrogens (primary N) is 1. The van der Waals surface area contributed by atoms with E-state index in [9.17, 15) is 4.79 Å². The number of piperidine rings is 1. The Labute approximate surface area is 105 Å². The maximum absolute atomic E-state index is 11.8. The van der Waals surface area contributed by atoms with Crippen molar-refractivity contribution in [3.63, 3.8) is 0 Å². The van der Waals surface area contributed by atoms with Gasteiger partial charge in [-0.05, 0) is 38.1 Å². The summed E-state index contributed by atoms with van der Waals surface area (Å²) in [6, 6.07) is 0. The van der Waals surface area contributed by atoms with E-state index in [1.54, 1.807) is 0 Å². The Morgan fingerprint density at radius 2 is 2.00 bits per heavy atom. The summed E-state index contributed by atoms with van der Waals surface area (Å²) in [7, 11) is 0. The average Bonchev–Trinajstić information content (AvgIpc) is 2.35. The molecule has 1 heterocycles. The molecule has 1 fully saturated rings. The first-order valence-corrected chi connectivity index (χ1v) is 7.00. The lowest BCUT2D eigenvalue weighted by atomic mass is 9.96. The normalized spacial score (nSPS) is 18.9. The summed E-state index contributed by atoms with van der Waals surface area (Å²) >= 11 is 0. The van der Waals surface area contributed by atoms with Crippen molar-refractivity contribution >= 4 is 5.91 Å². The lowest BCUT2D eigenvalue weighted by molar-refractivity contribution is -0.126. The second kappa shape index (κ2) is 8.48. The van der Waals surface area contributed by atoms with E-state index >= 15 is 0 Å². The van der Waals surface area contributed by atoms with Crippen LogP contribution in [0.1, 0.15) is 51.9 Å². The van der Waals surface area contributed by atoms with Crippen LogP contribution in [0, 0.1) is 5.92 Å². The van der Waals surface area contributed by atoms with Gasteiger partial charge in [0.1, 0.15) is 0 Å². The molecule has 0 aromatic heterocycles. The summed E-state index contributed by atoms with van der Waals surface area (Å²) in [5.74, 6) is 0.773. The van der Waals surface area contributed by atoms with Crippen LogP contribution in [-0.4, -0.2) is 30.6 Å². The van der Waals surface area contributed by atoms with E-state index < -0.39 is 0 Å². The van der Waals surface area contributed by atoms with E-state index in [2.05, 4.69) is 17.4 Å². The maximum atomic E-state index is 11.8. The standard InChI is InChI=1S/C13H27N3O/c1-2-12(8-9-14)6-7-13(17)15-16-10-4-3-5-11-16/h12H,2-11,14H2,1H3,(H,15,17). The van der Waals surface area contributed by atoms with Crippen LogP contribution >= 0.6 is 0 Å². The molecule has 17 heavy (non-hydrogen) atoms. The van der Waals surface area contributed by atoms with Crippen LogP contribution in [0.25, 0.3) is 0 Å². The van der Waals surface area contributed by atoms with E-state index in [0.29, 0.717) is 12.3 Å². The first-order valence-electron chi connectivity index (χ1n) is 7.00. The SMILES string of the molecule is CCC(CCN)CCC(=O)NN1CCCCC1. The number of hydrogen-bond donors (Lipinski definition) is 2. The molecule has 0 radical (unpaired) electrons. The second-order valence-corrected chi connectivity index (χ2v) is 4.97. The summed E-state index contributed by atoms with van der Waals surface area (Å²) in [6.45, 7) is 4.91. The van der Waals surface area contributed by atoms with Crippen molar-refractivity contribution in [2.75, 3.05) is 19.6 Å². The predicted molar refractivity (Wildman–Crippen MR) is 70.3 cm³/mol. The maximum Gasteiger partial charge on any atom is 0.234 e. The van der Waals surface area contributed by atoms with Gasteiger partial charge in [0.2, 0.25) is 5.91 Å². The molecule has 0 spiro atoms. The number of hydrazine groups is 1. The smallest absolute Gasteiger partial charge is 0.234 e. The van der Waals surface area contributed by atoms with Gasteiger partial charge < -0.3 is 5.73 Å². The van der Waals surface area contributed by atoms with E-state index in [1.165, 1.54) is 19.3 Å². The molecule has 1 aliphatic heterocycles. The molecule has 1 aliphatic rings. The number of nitrogens with zero attached hydrogens (tertiary/aromatic N) is 1. The van der Waals surface area contributed by atoms with E-state index in [0.717, 1.165) is 38.9 Å². The molecule has 100 valence electrons. The van der Waals surface area contributed by atoms with Crippen LogP contribution in [0.5, 0.6) is 0 Å². The van der Waals surface area contributed by atoms with Gasteiger partial charge in [-0.25, -0.2) is 5.01 Å². The van der Waals surface area contributed by atoms with Crippen molar-refractivity contribution in [2.24, 2.45) is 11.7 Å². The summed E-state index contributed by atoms with van der Waals surface area (Å²) < 4.78 is 0. The second-order valence-electron chi connectivity index (χ2n) is 4.97. The minimum absolute atomic E-state index is 0.169. The number of hydrogen-bond acceptors (Lipinski definition) is 3. The van der Waals surface area contributed by atoms with Gasteiger partial charge in [-0.15, -0.1) is 0 Å². The molecular formula is C13H27N3O. The monoisotopic (exact) mass is 241 g/mol. The molecule has 0 aromatic rings. The van der Waals surface area contributed by atoms with Gasteiger partial charge in [0.05, 0.1) is 0 Å². The van der Waals surface area contributed by atoms with Gasteiger partial charge in [-0.3, -0.25) is 10.2 Å². The Bertz CT molecular complexity index is 215. The quantitative estimate of drug-likeness (QED) is 0.712. The molecule has 1 rings (SSSR count). The van der Waals surface area contributed by atoms with Gasteiger partial charge in [-0.2, -0.15) is 0 Å². The Morgan fingerprint density at radius 1 is 1.29 bits per heavy atom. The number of nitrogens with one attached hydrogen (secondary N) is 1. The van der Waals surface area contributed by atoms with Gasteiger partial charge >= 0.3 is 0 Å². The Hall–Kier alpha value is -0.610. The summed E-state index contributed by atoms with van der Waals surface area (Å²) in [5, 5.41) is 2.07. The fraction of sp³-hybridized carbons (Fsp3) is 0.923. The van der Waals surface area contributed by atoms with Crippen molar-refractivity contribution in [1.29, 1.82) is 0 Å². The highest BCUT2D eigenvalue weighted by Crippen LogP contribution is 2.14. The van der Waals surface area contributed by atoms with Crippen molar-refractivity contribution in [3.05, 3.63) is 0 Å². The lowest BCUT2D eigenvalue weighted by Crippen LogP contribution is -2.45. The molecule has 0 aromatic carbocycles. The van der Waals surface area contributed by atoms with Gasteiger partial charge in [0.25, 0.3) is 0 Å². The average molecular weight is 241 g/mol. The highest BCUT2D eigenvalue weighted by molar-refractivity contribution is 5.75. The van der Waals surface area contributed by atoms with Crippen LogP contribution in [-0.2, 0) is 4.79 Å². The van der Waals surface area contributed by atoms with Crippen molar-refractivity contribution in [2.45, 2.75) is 51.9 Å². The van der Waals surface area contributed by atoms with E-state index in [1.807, 2.05) is 0 Å². The molecule has 1 amide bonds. The van der Waals surface area contributed by atoms with E-state index in [-0.39, 0.29) is 5.91 Å². The zero-order chi connectivity index (χ0) is 12.5. The van der Waals surface area contributed by atoms with Crippen molar-refractivity contribution in [3.8, 4) is 0 Å². The Balaban J connectivity index is 2.14. The zero-order valence-electron chi connectivity index (χ0n) is 11.1. The summed E-state index contributed by atoms with van der Waals surface area (Å²) in [5.41, 5.74) is 8.56. The third-order valence-electron chi connectivity index (χ3n) is 3.57. The molecule has 3 N–H and O–H groups in total. The topological polar surface area (TPSA) is 58.4 Å². The Morgan fingerprint density at radius 3 is 2.59 bits per heavy atom. The molecule has 1 saturated heterocycles. The predicted octanol–water partition coefficient (Wildman–Crippen LogP) is 1.66. The minimum atomic E-state index is 0.169. The highest BCUT2D eigenvalue weighted by Gasteiger charge is 2.14. The number of carbonyl (C=O) groups is 1. The molecule has 0 aliphatic carbocycles. The van der Waals surface area contributed by atoms with E-state index in [4.69, 9.17) is 5.73 Å². The lowest BCUT2D eigenvalue weighted by Gasteiger charge is -2.27. The molecule has 4 heteroatoms. The van der Waals surface area contributed by atoms with Crippen molar-refractivity contribution in [1.82, 2.24) is 10.4 Å². The molecule has 4 nitrogen and oxygen atoms in total. The van der Waals surface area contributed by atoms with Gasteiger partial charge in [0.15, 0.2) is 0 Å². The van der Waals surface area contributed by atoms with Crippen LogP contribution in [0.4, 0.5) is 0 Å². The minimum Gasteiger partial charge on any atom is -0.330 e. The third kappa shape index (κ3) is 6.03. The summed E-state index contributed by atoms with van der Waals surface area (Å²) in [4.78, 5) is 11.8.